The molecule has 1 aliphatic heterocycles. The Hall–Kier alpha value is -1.91. The van der Waals surface area contributed by atoms with Gasteiger partial charge in [-0.15, -0.1) is 0 Å². The van der Waals surface area contributed by atoms with Gasteiger partial charge in [0.1, 0.15) is 18.7 Å². The summed E-state index contributed by atoms with van der Waals surface area (Å²) in [5.74, 6) is 0. The molecule has 0 saturated carbocycles. The zero-order valence-electron chi connectivity index (χ0n) is 11.3. The first-order valence-electron chi connectivity index (χ1n) is 6.65. The third-order valence-electron chi connectivity index (χ3n) is 3.44. The van der Waals surface area contributed by atoms with E-state index in [-0.39, 0.29) is 6.10 Å². The fourth-order valence-corrected chi connectivity index (χ4v) is 2.92. The quantitative estimate of drug-likeness (QED) is 0.847. The fourth-order valence-electron chi connectivity index (χ4n) is 2.47. The molecule has 0 spiro atoms. The van der Waals surface area contributed by atoms with Gasteiger partial charge < -0.3 is 9.64 Å². The number of halogens is 1. The average Bonchev–Trinajstić information content (AvgIpc) is 3.00. The molecule has 6 nitrogen and oxygen atoms in total. The highest BCUT2D eigenvalue weighted by Crippen LogP contribution is 2.28. The second-order valence-corrected chi connectivity index (χ2v) is 5.66. The summed E-state index contributed by atoms with van der Waals surface area (Å²) in [6.45, 7) is 2.80. The van der Waals surface area contributed by atoms with Crippen molar-refractivity contribution in [2.45, 2.75) is 12.6 Å². The van der Waals surface area contributed by atoms with Gasteiger partial charge in [-0.1, -0.05) is 6.07 Å². The van der Waals surface area contributed by atoms with Crippen molar-refractivity contribution in [2.24, 2.45) is 0 Å². The van der Waals surface area contributed by atoms with E-state index in [0.29, 0.717) is 18.7 Å². The number of aromatic nitrogens is 3. The molecule has 2 heterocycles. The number of hydrogen-bond acceptors (Lipinski definition) is 5. The van der Waals surface area contributed by atoms with Gasteiger partial charge in [-0.05, 0) is 28.1 Å². The summed E-state index contributed by atoms with van der Waals surface area (Å²) >= 11 is 3.43. The lowest BCUT2D eigenvalue weighted by atomic mass is 10.1. The average molecular weight is 348 g/mol. The summed E-state index contributed by atoms with van der Waals surface area (Å²) in [5, 5.41) is 13.4. The van der Waals surface area contributed by atoms with Gasteiger partial charge in [0.05, 0.1) is 30.5 Å². The Morgan fingerprint density at radius 2 is 2.38 bits per heavy atom. The highest BCUT2D eigenvalue weighted by Gasteiger charge is 2.23. The molecule has 1 atom stereocenters. The molecule has 1 aromatic heterocycles. The molecule has 21 heavy (non-hydrogen) atoms. The maximum Gasteiger partial charge on any atom is 0.137 e. The lowest BCUT2D eigenvalue weighted by Gasteiger charge is -2.35. The highest BCUT2D eigenvalue weighted by molar-refractivity contribution is 9.10. The smallest absolute Gasteiger partial charge is 0.137 e. The molecule has 2 aromatic rings. The van der Waals surface area contributed by atoms with Crippen molar-refractivity contribution >= 4 is 21.6 Å². The third kappa shape index (κ3) is 3.06. The lowest BCUT2D eigenvalue weighted by Crippen LogP contribution is -2.44. The molecular weight excluding hydrogens is 334 g/mol. The molecule has 1 saturated heterocycles. The minimum absolute atomic E-state index is 0.0333. The predicted octanol–water partition coefficient (Wildman–Crippen LogP) is 1.82. The van der Waals surface area contributed by atoms with Gasteiger partial charge in [-0.25, -0.2) is 4.98 Å². The minimum atomic E-state index is 0.0333. The van der Waals surface area contributed by atoms with Crippen molar-refractivity contribution in [3.8, 4) is 6.07 Å². The topological polar surface area (TPSA) is 67.0 Å². The third-order valence-corrected chi connectivity index (χ3v) is 4.10. The second-order valence-electron chi connectivity index (χ2n) is 4.80. The molecule has 0 radical (unpaired) electrons. The summed E-state index contributed by atoms with van der Waals surface area (Å²) in [5.41, 5.74) is 1.61. The molecule has 0 N–H and O–H groups in total. The van der Waals surface area contributed by atoms with E-state index in [2.05, 4.69) is 37.0 Å². The first-order valence-corrected chi connectivity index (χ1v) is 7.45. The number of ether oxygens (including phenoxy) is 1. The van der Waals surface area contributed by atoms with Crippen LogP contribution in [0.4, 0.5) is 5.69 Å². The molecule has 108 valence electrons. The number of rotatable bonds is 3. The maximum atomic E-state index is 9.34. The van der Waals surface area contributed by atoms with Crippen LogP contribution >= 0.6 is 15.9 Å². The van der Waals surface area contributed by atoms with Crippen molar-refractivity contribution in [3.63, 3.8) is 0 Å². The van der Waals surface area contributed by atoms with Gasteiger partial charge in [0, 0.05) is 17.6 Å². The molecule has 3 rings (SSSR count). The largest absolute Gasteiger partial charge is 0.373 e. The maximum absolute atomic E-state index is 9.34. The SMILES string of the molecule is N#Cc1c(Br)cccc1N1CCOC(Cn2cncn2)C1. The van der Waals surface area contributed by atoms with E-state index in [1.165, 1.54) is 6.33 Å². The van der Waals surface area contributed by atoms with Crippen LogP contribution in [0.1, 0.15) is 5.56 Å². The molecule has 1 fully saturated rings. The van der Waals surface area contributed by atoms with Crippen molar-refractivity contribution in [1.82, 2.24) is 14.8 Å². The second kappa shape index (κ2) is 6.24. The number of nitriles is 1. The highest BCUT2D eigenvalue weighted by atomic mass is 79.9. The Morgan fingerprint density at radius 3 is 3.14 bits per heavy atom. The Balaban J connectivity index is 1.77. The van der Waals surface area contributed by atoms with Crippen LogP contribution in [0.5, 0.6) is 0 Å². The van der Waals surface area contributed by atoms with E-state index in [1.807, 2.05) is 18.2 Å². The minimum Gasteiger partial charge on any atom is -0.373 e. The Kier molecular flexibility index (Phi) is 4.18. The van der Waals surface area contributed by atoms with Crippen molar-refractivity contribution < 1.29 is 4.74 Å². The standard InChI is InChI=1S/C14H14BrN5O/c15-13-2-1-3-14(12(13)6-16)19-4-5-21-11(7-19)8-20-10-17-9-18-20/h1-3,9-11H,4-5,7-8H2. The zero-order chi connectivity index (χ0) is 14.7. The number of morpholine rings is 1. The molecular formula is C14H14BrN5O. The van der Waals surface area contributed by atoms with Gasteiger partial charge in [-0.3, -0.25) is 4.68 Å². The first-order chi connectivity index (χ1) is 10.3. The van der Waals surface area contributed by atoms with E-state index >= 15 is 0 Å². The summed E-state index contributed by atoms with van der Waals surface area (Å²) in [6, 6.07) is 8.07. The zero-order valence-corrected chi connectivity index (χ0v) is 12.9. The lowest BCUT2D eigenvalue weighted by molar-refractivity contribution is 0.0273. The monoisotopic (exact) mass is 347 g/mol. The van der Waals surface area contributed by atoms with Gasteiger partial charge in [0.25, 0.3) is 0 Å². The van der Waals surface area contributed by atoms with Crippen LogP contribution in [0.25, 0.3) is 0 Å². The van der Waals surface area contributed by atoms with Crippen LogP contribution in [0.15, 0.2) is 35.3 Å². The molecule has 0 aliphatic carbocycles. The van der Waals surface area contributed by atoms with Crippen molar-refractivity contribution in [3.05, 3.63) is 40.9 Å². The Labute approximate surface area is 131 Å². The van der Waals surface area contributed by atoms with E-state index < -0.39 is 0 Å². The van der Waals surface area contributed by atoms with Crippen LogP contribution in [-0.2, 0) is 11.3 Å². The predicted molar refractivity (Wildman–Crippen MR) is 80.8 cm³/mol. The van der Waals surface area contributed by atoms with E-state index in [1.54, 1.807) is 11.0 Å². The van der Waals surface area contributed by atoms with Crippen molar-refractivity contribution in [2.75, 3.05) is 24.6 Å². The Bertz CT molecular complexity index is 652. The number of nitrogens with zero attached hydrogens (tertiary/aromatic N) is 5. The summed E-state index contributed by atoms with van der Waals surface area (Å²) in [6.07, 6.45) is 3.23. The van der Waals surface area contributed by atoms with Gasteiger partial charge in [0.15, 0.2) is 0 Å². The molecule has 1 aromatic carbocycles. The molecule has 0 bridgehead atoms. The van der Waals surface area contributed by atoms with E-state index in [0.717, 1.165) is 23.2 Å². The summed E-state index contributed by atoms with van der Waals surface area (Å²) in [7, 11) is 0. The fraction of sp³-hybridized carbons (Fsp3) is 0.357. The van der Waals surface area contributed by atoms with Crippen LogP contribution in [0, 0.1) is 11.3 Å². The van der Waals surface area contributed by atoms with Crippen LogP contribution < -0.4 is 4.90 Å². The normalized spacial score (nSPS) is 18.5. The van der Waals surface area contributed by atoms with Gasteiger partial charge >= 0.3 is 0 Å². The van der Waals surface area contributed by atoms with E-state index in [9.17, 15) is 5.26 Å². The number of benzene rings is 1. The molecule has 1 aliphatic rings. The summed E-state index contributed by atoms with van der Waals surface area (Å²) < 4.78 is 8.37. The number of hydrogen-bond donors (Lipinski definition) is 0. The van der Waals surface area contributed by atoms with Crippen molar-refractivity contribution in [1.29, 1.82) is 5.26 Å². The van der Waals surface area contributed by atoms with E-state index in [4.69, 9.17) is 4.74 Å². The summed E-state index contributed by atoms with van der Waals surface area (Å²) in [4.78, 5) is 6.13. The number of anilines is 1. The van der Waals surface area contributed by atoms with Crippen LogP contribution in [-0.4, -0.2) is 40.6 Å². The molecule has 0 amide bonds. The van der Waals surface area contributed by atoms with Gasteiger partial charge in [0.2, 0.25) is 0 Å². The van der Waals surface area contributed by atoms with Gasteiger partial charge in [-0.2, -0.15) is 10.4 Å². The van der Waals surface area contributed by atoms with Crippen LogP contribution in [0.2, 0.25) is 0 Å². The molecule has 7 heteroatoms. The Morgan fingerprint density at radius 1 is 1.48 bits per heavy atom. The molecule has 1 unspecified atom stereocenters. The van der Waals surface area contributed by atoms with Crippen LogP contribution in [0.3, 0.4) is 0 Å². The first kappa shape index (κ1) is 14.0.